The Labute approximate surface area is 158 Å². The summed E-state index contributed by atoms with van der Waals surface area (Å²) in [6.45, 7) is 1.88. The molecule has 0 saturated carbocycles. The van der Waals surface area contributed by atoms with Crippen molar-refractivity contribution < 1.29 is 4.79 Å². The van der Waals surface area contributed by atoms with Gasteiger partial charge in [0.1, 0.15) is 5.92 Å². The van der Waals surface area contributed by atoms with Crippen molar-refractivity contribution in [1.29, 1.82) is 0 Å². The van der Waals surface area contributed by atoms with E-state index in [1.807, 2.05) is 97.9 Å². The first-order chi connectivity index (χ1) is 13.2. The molecule has 0 aromatic heterocycles. The molecule has 1 unspecified atom stereocenters. The third-order valence-electron chi connectivity index (χ3n) is 4.48. The van der Waals surface area contributed by atoms with E-state index in [0.717, 1.165) is 22.6 Å². The van der Waals surface area contributed by atoms with Gasteiger partial charge in [-0.15, -0.1) is 0 Å². The van der Waals surface area contributed by atoms with Gasteiger partial charge in [0.2, 0.25) is 0 Å². The number of hydrogen-bond acceptors (Lipinski definition) is 3. The van der Waals surface area contributed by atoms with Crippen molar-refractivity contribution >= 4 is 28.7 Å². The van der Waals surface area contributed by atoms with E-state index >= 15 is 0 Å². The van der Waals surface area contributed by atoms with Crippen molar-refractivity contribution in [2.75, 3.05) is 5.01 Å². The molecule has 0 bridgehead atoms. The van der Waals surface area contributed by atoms with Crippen molar-refractivity contribution in [3.05, 3.63) is 96.6 Å². The number of nitrogens with zero attached hydrogens (tertiary/aromatic N) is 3. The fraction of sp³-hybridized carbons (Fsp3) is 0.0870. The first-order valence-electron chi connectivity index (χ1n) is 8.87. The second kappa shape index (κ2) is 7.38. The zero-order valence-corrected chi connectivity index (χ0v) is 15.0. The zero-order chi connectivity index (χ0) is 18.6. The molecule has 132 valence electrons. The summed E-state index contributed by atoms with van der Waals surface area (Å²) in [5.74, 6) is -0.593. The van der Waals surface area contributed by atoms with Crippen molar-refractivity contribution in [2.45, 2.75) is 6.92 Å². The molecule has 27 heavy (non-hydrogen) atoms. The molecule has 4 rings (SSSR count). The molecule has 3 aromatic carbocycles. The molecule has 0 spiro atoms. The number of amides is 1. The van der Waals surface area contributed by atoms with Crippen molar-refractivity contribution in [2.24, 2.45) is 16.0 Å². The minimum Gasteiger partial charge on any atom is -0.271 e. The van der Waals surface area contributed by atoms with Gasteiger partial charge in [-0.1, -0.05) is 66.7 Å². The van der Waals surface area contributed by atoms with Crippen LogP contribution in [0, 0.1) is 5.92 Å². The summed E-state index contributed by atoms with van der Waals surface area (Å²) in [6.07, 6.45) is 0. The number of para-hydroxylation sites is 2. The van der Waals surface area contributed by atoms with E-state index in [-0.39, 0.29) is 5.91 Å². The molecule has 3 aromatic rings. The van der Waals surface area contributed by atoms with Gasteiger partial charge in [0.05, 0.1) is 22.8 Å². The monoisotopic (exact) mass is 353 g/mol. The van der Waals surface area contributed by atoms with Crippen LogP contribution < -0.4 is 5.01 Å². The van der Waals surface area contributed by atoms with E-state index in [9.17, 15) is 4.79 Å². The van der Waals surface area contributed by atoms with Crippen molar-refractivity contribution in [3.8, 4) is 0 Å². The number of aliphatic imine (C=N–C) groups is 1. The summed E-state index contributed by atoms with van der Waals surface area (Å²) >= 11 is 0. The number of carbonyl (C=O) groups is 1. The second-order valence-corrected chi connectivity index (χ2v) is 6.36. The molecule has 0 N–H and O–H groups in total. The highest BCUT2D eigenvalue weighted by atomic mass is 16.2. The van der Waals surface area contributed by atoms with Crippen LogP contribution in [0.3, 0.4) is 0 Å². The second-order valence-electron chi connectivity index (χ2n) is 6.36. The average molecular weight is 353 g/mol. The fourth-order valence-corrected chi connectivity index (χ4v) is 3.18. The summed E-state index contributed by atoms with van der Waals surface area (Å²) in [6, 6.07) is 29.0. The Bertz CT molecular complexity index is 996. The Morgan fingerprint density at radius 1 is 0.852 bits per heavy atom. The van der Waals surface area contributed by atoms with Crippen LogP contribution in [0.25, 0.3) is 0 Å². The molecule has 1 atom stereocenters. The number of carbonyl (C=O) groups excluding carboxylic acids is 1. The number of rotatable bonds is 4. The van der Waals surface area contributed by atoms with Crippen LogP contribution in [-0.2, 0) is 4.79 Å². The maximum Gasteiger partial charge on any atom is 0.262 e. The van der Waals surface area contributed by atoms with Gasteiger partial charge in [-0.3, -0.25) is 9.79 Å². The fourth-order valence-electron chi connectivity index (χ4n) is 3.18. The Morgan fingerprint density at radius 3 is 2.04 bits per heavy atom. The van der Waals surface area contributed by atoms with Crippen LogP contribution in [0.2, 0.25) is 0 Å². The Balaban J connectivity index is 1.78. The number of hydrogen-bond donors (Lipinski definition) is 0. The van der Waals surface area contributed by atoms with Gasteiger partial charge in [-0.05, 0) is 36.8 Å². The lowest BCUT2D eigenvalue weighted by molar-refractivity contribution is -0.118. The smallest absolute Gasteiger partial charge is 0.262 e. The van der Waals surface area contributed by atoms with Crippen molar-refractivity contribution in [1.82, 2.24) is 0 Å². The topological polar surface area (TPSA) is 45.0 Å². The first-order valence-corrected chi connectivity index (χ1v) is 8.87. The van der Waals surface area contributed by atoms with Gasteiger partial charge in [0.15, 0.2) is 0 Å². The minimum absolute atomic E-state index is 0.0859. The minimum atomic E-state index is -0.507. The first kappa shape index (κ1) is 16.9. The Morgan fingerprint density at radius 2 is 1.41 bits per heavy atom. The van der Waals surface area contributed by atoms with Gasteiger partial charge < -0.3 is 0 Å². The lowest BCUT2D eigenvalue weighted by atomic mass is 9.92. The van der Waals surface area contributed by atoms with Crippen LogP contribution in [-0.4, -0.2) is 17.3 Å². The van der Waals surface area contributed by atoms with E-state index in [2.05, 4.69) is 5.10 Å². The normalized spacial score (nSPS) is 17.1. The Kier molecular flexibility index (Phi) is 4.62. The standard InChI is InChI=1S/C23H19N3O/c1-17-21(23(27)26(25-17)20-15-9-4-10-16-20)22(18-11-5-2-6-12-18)24-19-13-7-3-8-14-19/h2-16,21H,1H3. The zero-order valence-electron chi connectivity index (χ0n) is 15.0. The van der Waals surface area contributed by atoms with E-state index < -0.39 is 5.92 Å². The largest absolute Gasteiger partial charge is 0.271 e. The Hall–Kier alpha value is -3.53. The van der Waals surface area contributed by atoms with Crippen LogP contribution in [0.15, 0.2) is 101 Å². The van der Waals surface area contributed by atoms with E-state index in [1.54, 1.807) is 0 Å². The number of hydrazone groups is 1. The molecule has 1 aliphatic heterocycles. The number of anilines is 1. The molecule has 4 nitrogen and oxygen atoms in total. The van der Waals surface area contributed by atoms with E-state index in [1.165, 1.54) is 5.01 Å². The highest BCUT2D eigenvalue weighted by molar-refractivity contribution is 6.32. The molecular weight excluding hydrogens is 334 g/mol. The SMILES string of the molecule is CC1=NN(c2ccccc2)C(=O)C1C(=Nc1ccccc1)c1ccccc1. The predicted octanol–water partition coefficient (Wildman–Crippen LogP) is 4.85. The predicted molar refractivity (Wildman–Crippen MR) is 110 cm³/mol. The van der Waals surface area contributed by atoms with Crippen LogP contribution >= 0.6 is 0 Å². The third-order valence-corrected chi connectivity index (χ3v) is 4.48. The average Bonchev–Trinajstić information content (AvgIpc) is 3.02. The van der Waals surface area contributed by atoms with Crippen LogP contribution in [0.5, 0.6) is 0 Å². The summed E-state index contributed by atoms with van der Waals surface area (Å²) in [7, 11) is 0. The summed E-state index contributed by atoms with van der Waals surface area (Å²) in [4.78, 5) is 18.1. The van der Waals surface area contributed by atoms with Crippen LogP contribution in [0.1, 0.15) is 12.5 Å². The van der Waals surface area contributed by atoms with Crippen molar-refractivity contribution in [3.63, 3.8) is 0 Å². The van der Waals surface area contributed by atoms with Crippen LogP contribution in [0.4, 0.5) is 11.4 Å². The maximum absolute atomic E-state index is 13.3. The lowest BCUT2D eigenvalue weighted by Gasteiger charge is -2.16. The van der Waals surface area contributed by atoms with Gasteiger partial charge >= 0.3 is 0 Å². The molecule has 0 radical (unpaired) electrons. The third kappa shape index (κ3) is 3.42. The molecule has 0 fully saturated rings. The maximum atomic E-state index is 13.3. The van der Waals surface area contributed by atoms with Gasteiger partial charge in [0, 0.05) is 0 Å². The quantitative estimate of drug-likeness (QED) is 0.619. The molecule has 0 aliphatic carbocycles. The van der Waals surface area contributed by atoms with Gasteiger partial charge in [-0.2, -0.15) is 10.1 Å². The van der Waals surface area contributed by atoms with Gasteiger partial charge in [-0.25, -0.2) is 0 Å². The molecule has 1 heterocycles. The highest BCUT2D eigenvalue weighted by Gasteiger charge is 2.38. The molecule has 4 heteroatoms. The molecule has 1 amide bonds. The summed E-state index contributed by atoms with van der Waals surface area (Å²) in [5, 5.41) is 6.00. The number of benzene rings is 3. The molecule has 0 saturated heterocycles. The van der Waals surface area contributed by atoms with E-state index in [0.29, 0.717) is 5.71 Å². The molecular formula is C23H19N3O. The lowest BCUT2D eigenvalue weighted by Crippen LogP contribution is -2.33. The van der Waals surface area contributed by atoms with E-state index in [4.69, 9.17) is 4.99 Å². The van der Waals surface area contributed by atoms with Gasteiger partial charge in [0.25, 0.3) is 5.91 Å². The highest BCUT2D eigenvalue weighted by Crippen LogP contribution is 2.28. The summed E-state index contributed by atoms with van der Waals surface area (Å²) < 4.78 is 0. The molecule has 1 aliphatic rings. The summed E-state index contributed by atoms with van der Waals surface area (Å²) in [5.41, 5.74) is 3.95.